The minimum atomic E-state index is -5.88. The normalized spacial score (nSPS) is 18.3. The molecule has 1 saturated heterocycles. The third-order valence-corrected chi connectivity index (χ3v) is 5.01. The van der Waals surface area contributed by atoms with Crippen molar-refractivity contribution in [1.29, 1.82) is 0 Å². The molecule has 1 unspecified atom stereocenters. The zero-order valence-corrected chi connectivity index (χ0v) is 13.3. The van der Waals surface area contributed by atoms with Gasteiger partial charge < -0.3 is 5.11 Å². The fraction of sp³-hybridized carbons (Fsp3) is 0.294. The highest BCUT2D eigenvalue weighted by molar-refractivity contribution is 8.06. The van der Waals surface area contributed by atoms with Gasteiger partial charge in [-0.05, 0) is 16.7 Å². The quantitative estimate of drug-likeness (QED) is 0.566. The smallest absolute Gasteiger partial charge is 0.369 e. The molecule has 0 aliphatic carbocycles. The molecule has 0 bridgehead atoms. The molecule has 1 N–H and O–H groups in total. The summed E-state index contributed by atoms with van der Waals surface area (Å²) in [7, 11) is 0. The van der Waals surface area contributed by atoms with Gasteiger partial charge >= 0.3 is 12.4 Å². The molecule has 0 spiro atoms. The van der Waals surface area contributed by atoms with Gasteiger partial charge in [0, 0.05) is 16.6 Å². The summed E-state index contributed by atoms with van der Waals surface area (Å²) in [6, 6.07) is 10.9. The Hall–Kier alpha value is -1.67. The lowest BCUT2D eigenvalue weighted by Crippen LogP contribution is -2.53. The molecule has 134 valence electrons. The molecule has 8 heteroatoms. The van der Waals surface area contributed by atoms with E-state index in [0.717, 1.165) is 23.4 Å². The molecule has 2 aromatic rings. The van der Waals surface area contributed by atoms with Crippen LogP contribution in [0.15, 0.2) is 48.5 Å². The van der Waals surface area contributed by atoms with Gasteiger partial charge in [0.1, 0.15) is 0 Å². The minimum Gasteiger partial charge on any atom is -0.369 e. The van der Waals surface area contributed by atoms with E-state index in [9.17, 15) is 31.4 Å². The minimum absolute atomic E-state index is 0.463. The first-order chi connectivity index (χ1) is 11.5. The predicted molar refractivity (Wildman–Crippen MR) is 83.1 cm³/mol. The van der Waals surface area contributed by atoms with E-state index in [1.54, 1.807) is 23.9 Å². The lowest BCUT2D eigenvalue weighted by atomic mass is 9.90. The molecule has 1 heterocycles. The lowest BCUT2D eigenvalue weighted by Gasteiger charge is -2.32. The maximum absolute atomic E-state index is 12.9. The first-order valence-corrected chi connectivity index (χ1v) is 8.27. The van der Waals surface area contributed by atoms with Crippen LogP contribution in [0.3, 0.4) is 0 Å². The van der Waals surface area contributed by atoms with E-state index in [1.165, 1.54) is 0 Å². The summed E-state index contributed by atoms with van der Waals surface area (Å²) in [4.78, 5) is 0. The Bertz CT molecular complexity index is 731. The van der Waals surface area contributed by atoms with Crippen molar-refractivity contribution in [2.75, 3.05) is 5.75 Å². The van der Waals surface area contributed by atoms with Crippen LogP contribution in [0, 0.1) is 0 Å². The van der Waals surface area contributed by atoms with E-state index in [0.29, 0.717) is 28.5 Å². The van der Waals surface area contributed by atoms with Crippen molar-refractivity contribution in [2.45, 2.75) is 23.2 Å². The number of aliphatic hydroxyl groups is 1. The topological polar surface area (TPSA) is 20.2 Å². The summed E-state index contributed by atoms with van der Waals surface area (Å²) in [5.41, 5.74) is -3.89. The van der Waals surface area contributed by atoms with E-state index >= 15 is 0 Å². The molecule has 0 amide bonds. The molecule has 3 rings (SSSR count). The summed E-state index contributed by atoms with van der Waals surface area (Å²) in [6.45, 7) is 0. The van der Waals surface area contributed by atoms with Crippen LogP contribution < -0.4 is 0 Å². The van der Waals surface area contributed by atoms with Crippen molar-refractivity contribution >= 4 is 11.8 Å². The molecule has 1 aliphatic heterocycles. The van der Waals surface area contributed by atoms with Gasteiger partial charge in [0.2, 0.25) is 0 Å². The number of rotatable bonds is 3. The molecule has 1 aliphatic rings. The van der Waals surface area contributed by atoms with Gasteiger partial charge in [-0.15, -0.1) is 0 Å². The molecule has 1 nitrogen and oxygen atoms in total. The fourth-order valence-corrected chi connectivity index (χ4v) is 3.16. The second-order valence-corrected chi connectivity index (χ2v) is 6.96. The van der Waals surface area contributed by atoms with Gasteiger partial charge in [0.15, 0.2) is 0 Å². The van der Waals surface area contributed by atoms with Crippen molar-refractivity contribution < 1.29 is 31.4 Å². The number of thioether (sulfide) groups is 1. The average Bonchev–Trinajstić information content (AvgIpc) is 3.37. The zero-order chi connectivity index (χ0) is 18.5. The molecular formula is C17H12F6OS. The van der Waals surface area contributed by atoms with Gasteiger partial charge in [-0.25, -0.2) is 0 Å². The largest absolute Gasteiger partial charge is 0.430 e. The highest BCUT2D eigenvalue weighted by Gasteiger charge is 2.71. The van der Waals surface area contributed by atoms with Crippen LogP contribution in [0.2, 0.25) is 0 Å². The van der Waals surface area contributed by atoms with Crippen molar-refractivity contribution in [3.63, 3.8) is 0 Å². The van der Waals surface area contributed by atoms with E-state index < -0.39 is 23.5 Å². The van der Waals surface area contributed by atoms with Crippen molar-refractivity contribution in [3.8, 4) is 11.1 Å². The Labute approximate surface area is 143 Å². The second kappa shape index (κ2) is 5.95. The summed E-state index contributed by atoms with van der Waals surface area (Å²) < 4.78 is 77.2. The maximum atomic E-state index is 12.9. The predicted octanol–water partition coefficient (Wildman–Crippen LogP) is 5.45. The van der Waals surface area contributed by atoms with Crippen molar-refractivity contribution in [2.24, 2.45) is 0 Å². The molecule has 1 fully saturated rings. The number of alkyl halides is 6. The summed E-state index contributed by atoms with van der Waals surface area (Å²) in [5.74, 6) is 1.04. The highest BCUT2D eigenvalue weighted by Crippen LogP contribution is 2.50. The van der Waals surface area contributed by atoms with Crippen LogP contribution in [0.5, 0.6) is 0 Å². The third-order valence-electron chi connectivity index (χ3n) is 4.07. The monoisotopic (exact) mass is 378 g/mol. The first-order valence-electron chi connectivity index (χ1n) is 7.22. The van der Waals surface area contributed by atoms with Gasteiger partial charge in [-0.1, -0.05) is 48.5 Å². The highest BCUT2D eigenvalue weighted by atomic mass is 32.2. The number of hydrogen-bond donors (Lipinski definition) is 1. The van der Waals surface area contributed by atoms with Gasteiger partial charge in [0.25, 0.3) is 5.60 Å². The van der Waals surface area contributed by atoms with Crippen LogP contribution in [-0.2, 0) is 5.60 Å². The third kappa shape index (κ3) is 3.25. The molecule has 0 radical (unpaired) electrons. The van der Waals surface area contributed by atoms with Crippen LogP contribution in [0.25, 0.3) is 11.1 Å². The van der Waals surface area contributed by atoms with Crippen molar-refractivity contribution in [3.05, 3.63) is 59.7 Å². The van der Waals surface area contributed by atoms with Gasteiger partial charge in [-0.3, -0.25) is 0 Å². The second-order valence-electron chi connectivity index (χ2n) is 5.73. The SMILES string of the molecule is OC(c1ccc(-c2ccc(C3CS3)cc2)cc1)(C(F)(F)F)C(F)(F)F. The number of halogens is 6. The molecule has 25 heavy (non-hydrogen) atoms. The Morgan fingerprint density at radius 3 is 1.52 bits per heavy atom. The Morgan fingerprint density at radius 2 is 1.16 bits per heavy atom. The fourth-order valence-electron chi connectivity index (χ4n) is 2.52. The van der Waals surface area contributed by atoms with E-state index in [1.807, 2.05) is 12.1 Å². The summed E-state index contributed by atoms with van der Waals surface area (Å²) in [6.07, 6.45) is -11.8. The molecular weight excluding hydrogens is 366 g/mol. The summed E-state index contributed by atoms with van der Waals surface area (Å²) >= 11 is 1.79. The summed E-state index contributed by atoms with van der Waals surface area (Å²) in [5, 5.41) is 9.83. The lowest BCUT2D eigenvalue weighted by molar-refractivity contribution is -0.376. The average molecular weight is 378 g/mol. The van der Waals surface area contributed by atoms with Crippen LogP contribution in [0.4, 0.5) is 26.3 Å². The Balaban J connectivity index is 1.93. The van der Waals surface area contributed by atoms with E-state index in [-0.39, 0.29) is 0 Å². The Kier molecular flexibility index (Phi) is 4.31. The van der Waals surface area contributed by atoms with E-state index in [2.05, 4.69) is 0 Å². The van der Waals surface area contributed by atoms with Crippen LogP contribution in [-0.4, -0.2) is 23.2 Å². The van der Waals surface area contributed by atoms with Crippen LogP contribution >= 0.6 is 11.8 Å². The molecule has 0 aromatic heterocycles. The number of hydrogen-bond acceptors (Lipinski definition) is 2. The zero-order valence-electron chi connectivity index (χ0n) is 12.5. The van der Waals surface area contributed by atoms with Gasteiger partial charge in [-0.2, -0.15) is 38.1 Å². The van der Waals surface area contributed by atoms with Crippen molar-refractivity contribution in [1.82, 2.24) is 0 Å². The Morgan fingerprint density at radius 1 is 0.760 bits per heavy atom. The van der Waals surface area contributed by atoms with Crippen LogP contribution in [0.1, 0.15) is 16.4 Å². The van der Waals surface area contributed by atoms with E-state index in [4.69, 9.17) is 0 Å². The standard InChI is InChI=1S/C17H12F6OS/c18-16(19,20)15(24,17(21,22)23)13-7-5-11(6-8-13)10-1-3-12(4-2-10)14-9-25-14/h1-8,14,24H,9H2. The maximum Gasteiger partial charge on any atom is 0.430 e. The molecule has 2 aromatic carbocycles. The number of benzene rings is 2. The first kappa shape index (κ1) is 18.1. The molecule has 0 saturated carbocycles. The van der Waals surface area contributed by atoms with Gasteiger partial charge in [0.05, 0.1) is 0 Å². The molecule has 1 atom stereocenters.